The molecule has 16 heavy (non-hydrogen) atoms. The minimum absolute atomic E-state index is 0.0506. The molecule has 1 aromatic carbocycles. The summed E-state index contributed by atoms with van der Waals surface area (Å²) in [7, 11) is 0. The molecule has 1 heterocycles. The second kappa shape index (κ2) is 4.04. The molecular formula is C12H13O4-. The molecule has 0 fully saturated rings. The summed E-state index contributed by atoms with van der Waals surface area (Å²) in [5.41, 5.74) is 1.04. The van der Waals surface area contributed by atoms with Gasteiger partial charge in [-0.15, -0.1) is 0 Å². The number of carboxylic acids is 1. The van der Waals surface area contributed by atoms with Crippen molar-refractivity contribution in [2.75, 3.05) is 6.61 Å². The van der Waals surface area contributed by atoms with Gasteiger partial charge in [0.05, 0.1) is 12.6 Å². The lowest BCUT2D eigenvalue weighted by molar-refractivity contribution is -0.255. The van der Waals surface area contributed by atoms with Crippen LogP contribution in [0.15, 0.2) is 12.1 Å². The van der Waals surface area contributed by atoms with Crippen LogP contribution in [0.4, 0.5) is 0 Å². The fraction of sp³-hybridized carbons (Fsp3) is 0.417. The topological polar surface area (TPSA) is 58.6 Å². The van der Waals surface area contributed by atoms with E-state index in [1.807, 2.05) is 13.8 Å². The monoisotopic (exact) mass is 221 g/mol. The Labute approximate surface area is 93.8 Å². The molecule has 0 spiro atoms. The minimum Gasteiger partial charge on any atom is -0.545 e. The summed E-state index contributed by atoms with van der Waals surface area (Å²) in [5.74, 6) is -0.261. The molecule has 0 aliphatic carbocycles. The summed E-state index contributed by atoms with van der Waals surface area (Å²) in [6.07, 6.45) is 0.865. The zero-order valence-corrected chi connectivity index (χ0v) is 9.28. The van der Waals surface area contributed by atoms with Gasteiger partial charge in [-0.1, -0.05) is 0 Å². The summed E-state index contributed by atoms with van der Waals surface area (Å²) in [6.45, 7) is 4.18. The molecule has 1 aliphatic rings. The molecule has 0 N–H and O–H groups in total. The molecule has 4 nitrogen and oxygen atoms in total. The van der Waals surface area contributed by atoms with Gasteiger partial charge in [0.2, 0.25) is 0 Å². The van der Waals surface area contributed by atoms with E-state index < -0.39 is 5.97 Å². The van der Waals surface area contributed by atoms with E-state index in [4.69, 9.17) is 9.47 Å². The molecule has 0 bridgehead atoms. The van der Waals surface area contributed by atoms with Gasteiger partial charge in [-0.2, -0.15) is 0 Å². The summed E-state index contributed by atoms with van der Waals surface area (Å²) in [5, 5.41) is 10.9. The first kappa shape index (κ1) is 10.8. The zero-order valence-electron chi connectivity index (χ0n) is 9.28. The van der Waals surface area contributed by atoms with Gasteiger partial charge in [-0.25, -0.2) is 0 Å². The number of carbonyl (C=O) groups is 1. The van der Waals surface area contributed by atoms with E-state index in [0.717, 1.165) is 12.0 Å². The van der Waals surface area contributed by atoms with Gasteiger partial charge in [-0.3, -0.25) is 0 Å². The van der Waals surface area contributed by atoms with E-state index in [1.54, 1.807) is 6.07 Å². The Morgan fingerprint density at radius 2 is 2.38 bits per heavy atom. The van der Waals surface area contributed by atoms with Crippen LogP contribution in [0.3, 0.4) is 0 Å². The average molecular weight is 221 g/mol. The molecule has 1 aliphatic heterocycles. The molecule has 2 rings (SSSR count). The number of fused-ring (bicyclic) bond motifs is 1. The molecule has 0 radical (unpaired) electrons. The van der Waals surface area contributed by atoms with Crippen molar-refractivity contribution in [2.45, 2.75) is 26.4 Å². The average Bonchev–Trinajstić information content (AvgIpc) is 2.56. The molecule has 4 heteroatoms. The lowest BCUT2D eigenvalue weighted by Crippen LogP contribution is -2.23. The van der Waals surface area contributed by atoms with Gasteiger partial charge in [0.25, 0.3) is 0 Å². The highest BCUT2D eigenvalue weighted by molar-refractivity contribution is 5.90. The van der Waals surface area contributed by atoms with E-state index in [1.165, 1.54) is 6.07 Å². The fourth-order valence-corrected chi connectivity index (χ4v) is 1.87. The van der Waals surface area contributed by atoms with Crippen molar-refractivity contribution in [1.82, 2.24) is 0 Å². The second-order valence-corrected chi connectivity index (χ2v) is 3.81. The van der Waals surface area contributed by atoms with Crippen molar-refractivity contribution in [3.63, 3.8) is 0 Å². The Hall–Kier alpha value is -1.71. The molecule has 0 saturated carbocycles. The maximum Gasteiger partial charge on any atom is 0.128 e. The smallest absolute Gasteiger partial charge is 0.128 e. The second-order valence-electron chi connectivity index (χ2n) is 3.81. The van der Waals surface area contributed by atoms with E-state index in [2.05, 4.69) is 0 Å². The number of ether oxygens (including phenoxy) is 2. The largest absolute Gasteiger partial charge is 0.545 e. The minimum atomic E-state index is -1.24. The molecular weight excluding hydrogens is 208 g/mol. The first-order valence-corrected chi connectivity index (χ1v) is 5.29. The molecule has 0 saturated heterocycles. The van der Waals surface area contributed by atoms with Crippen LogP contribution >= 0.6 is 0 Å². The lowest BCUT2D eigenvalue weighted by Gasteiger charge is -2.12. The predicted molar refractivity (Wildman–Crippen MR) is 55.7 cm³/mol. The van der Waals surface area contributed by atoms with Gasteiger partial charge in [0.15, 0.2) is 0 Å². The maximum atomic E-state index is 10.9. The Bertz CT molecular complexity index is 425. The number of carbonyl (C=O) groups excluding carboxylic acids is 1. The third kappa shape index (κ3) is 1.83. The van der Waals surface area contributed by atoms with Crippen LogP contribution in [0.1, 0.15) is 29.8 Å². The van der Waals surface area contributed by atoms with Crippen LogP contribution in [0, 0.1) is 0 Å². The third-order valence-electron chi connectivity index (χ3n) is 2.52. The molecule has 86 valence electrons. The summed E-state index contributed by atoms with van der Waals surface area (Å²) in [6, 6.07) is 3.21. The van der Waals surface area contributed by atoms with Crippen molar-refractivity contribution in [2.24, 2.45) is 0 Å². The maximum absolute atomic E-state index is 10.9. The van der Waals surface area contributed by atoms with Crippen molar-refractivity contribution < 1.29 is 19.4 Å². The van der Waals surface area contributed by atoms with Gasteiger partial charge in [-0.05, 0) is 26.0 Å². The van der Waals surface area contributed by atoms with Crippen LogP contribution < -0.4 is 14.6 Å². The highest BCUT2D eigenvalue weighted by Crippen LogP contribution is 2.34. The Balaban J connectivity index is 2.45. The summed E-state index contributed by atoms with van der Waals surface area (Å²) in [4.78, 5) is 10.9. The van der Waals surface area contributed by atoms with Crippen molar-refractivity contribution in [1.29, 1.82) is 0 Å². The van der Waals surface area contributed by atoms with Crippen LogP contribution in [0.5, 0.6) is 11.5 Å². The highest BCUT2D eigenvalue weighted by Gasteiger charge is 2.21. The number of rotatable bonds is 3. The Kier molecular flexibility index (Phi) is 2.73. The van der Waals surface area contributed by atoms with E-state index in [0.29, 0.717) is 18.1 Å². The van der Waals surface area contributed by atoms with Gasteiger partial charge >= 0.3 is 0 Å². The number of carboxylic acid groups (broad SMARTS) is 1. The van der Waals surface area contributed by atoms with Crippen molar-refractivity contribution in [3.8, 4) is 11.5 Å². The van der Waals surface area contributed by atoms with Gasteiger partial charge in [0, 0.05) is 17.5 Å². The number of hydrogen-bond acceptors (Lipinski definition) is 4. The molecule has 1 aromatic rings. The van der Waals surface area contributed by atoms with Crippen LogP contribution in [-0.2, 0) is 6.42 Å². The summed E-state index contributed by atoms with van der Waals surface area (Å²) < 4.78 is 10.8. The van der Waals surface area contributed by atoms with Crippen molar-refractivity contribution in [3.05, 3.63) is 23.3 Å². The number of hydrogen-bond donors (Lipinski definition) is 0. The number of aromatic carboxylic acids is 1. The van der Waals surface area contributed by atoms with Gasteiger partial charge < -0.3 is 19.4 Å². The highest BCUT2D eigenvalue weighted by atomic mass is 16.5. The van der Waals surface area contributed by atoms with E-state index >= 15 is 0 Å². The molecule has 0 amide bonds. The zero-order chi connectivity index (χ0) is 11.7. The normalized spacial score (nSPS) is 17.8. The van der Waals surface area contributed by atoms with Crippen LogP contribution in [-0.4, -0.2) is 18.7 Å². The molecule has 1 atom stereocenters. The number of benzene rings is 1. The first-order valence-electron chi connectivity index (χ1n) is 5.29. The first-order chi connectivity index (χ1) is 7.61. The third-order valence-corrected chi connectivity index (χ3v) is 2.52. The van der Waals surface area contributed by atoms with Crippen LogP contribution in [0.25, 0.3) is 0 Å². The fourth-order valence-electron chi connectivity index (χ4n) is 1.87. The lowest BCUT2D eigenvalue weighted by atomic mass is 10.1. The van der Waals surface area contributed by atoms with E-state index in [-0.39, 0.29) is 11.7 Å². The quantitative estimate of drug-likeness (QED) is 0.756. The Morgan fingerprint density at radius 3 is 3.00 bits per heavy atom. The molecule has 0 unspecified atom stereocenters. The van der Waals surface area contributed by atoms with Crippen molar-refractivity contribution >= 4 is 5.97 Å². The standard InChI is InChI=1S/C12H14O4/c1-3-15-11-5-8-4-7(2)16-10(8)6-9(11)12(13)14/h5-7H,3-4H2,1-2H3,(H,13,14)/p-1/t7-/m1/s1. The predicted octanol–water partition coefficient (Wildman–Crippen LogP) is 0.772. The molecule has 0 aromatic heterocycles. The van der Waals surface area contributed by atoms with Gasteiger partial charge in [0.1, 0.15) is 17.6 Å². The van der Waals surface area contributed by atoms with E-state index in [9.17, 15) is 9.90 Å². The van der Waals surface area contributed by atoms with Crippen LogP contribution in [0.2, 0.25) is 0 Å². The SMILES string of the molecule is CCOc1cc2c(cc1C(=O)[O-])O[C@H](C)C2. The Morgan fingerprint density at radius 1 is 1.62 bits per heavy atom. The summed E-state index contributed by atoms with van der Waals surface area (Å²) >= 11 is 0.